The molecule has 0 rings (SSSR count). The highest BCUT2D eigenvalue weighted by atomic mass is 19.4. The number of aliphatic hydroxyl groups excluding tert-OH is 1. The van der Waals surface area contributed by atoms with E-state index < -0.39 is 18.6 Å². The van der Waals surface area contributed by atoms with Gasteiger partial charge in [0, 0.05) is 13.2 Å². The van der Waals surface area contributed by atoms with Crippen LogP contribution in [0.15, 0.2) is 0 Å². The van der Waals surface area contributed by atoms with Crippen LogP contribution in [0.2, 0.25) is 0 Å². The average molecular weight is 228 g/mol. The van der Waals surface area contributed by atoms with Gasteiger partial charge in [-0.05, 0) is 12.8 Å². The summed E-state index contributed by atoms with van der Waals surface area (Å²) < 4.78 is 34.9. The molecule has 0 atom stereocenters. The van der Waals surface area contributed by atoms with Crippen LogP contribution in [0.4, 0.5) is 13.2 Å². The summed E-state index contributed by atoms with van der Waals surface area (Å²) in [4.78, 5) is 10.9. The van der Waals surface area contributed by atoms with Gasteiger partial charge in [-0.3, -0.25) is 4.79 Å². The number of unbranched alkanes of at least 4 members (excludes halogenated alkanes) is 1. The molecule has 7 heteroatoms. The SMILES string of the molecule is O=C(CNCC(F)(F)F)NCCCCO. The molecule has 0 aliphatic heterocycles. The topological polar surface area (TPSA) is 61.4 Å². The van der Waals surface area contributed by atoms with Crippen LogP contribution in [-0.2, 0) is 4.79 Å². The van der Waals surface area contributed by atoms with Crippen molar-refractivity contribution >= 4 is 5.91 Å². The summed E-state index contributed by atoms with van der Waals surface area (Å²) in [5, 5.41) is 12.8. The number of halogens is 3. The van der Waals surface area contributed by atoms with Gasteiger partial charge in [0.2, 0.25) is 5.91 Å². The first-order chi connectivity index (χ1) is 6.95. The quantitative estimate of drug-likeness (QED) is 0.539. The molecule has 0 aromatic heterocycles. The van der Waals surface area contributed by atoms with E-state index in [4.69, 9.17) is 5.11 Å². The molecule has 0 unspecified atom stereocenters. The molecule has 0 saturated carbocycles. The Kier molecular flexibility index (Phi) is 7.06. The highest BCUT2D eigenvalue weighted by Gasteiger charge is 2.26. The maximum atomic E-state index is 11.6. The van der Waals surface area contributed by atoms with Crippen molar-refractivity contribution in [3.8, 4) is 0 Å². The lowest BCUT2D eigenvalue weighted by Gasteiger charge is -2.08. The summed E-state index contributed by atoms with van der Waals surface area (Å²) in [6.07, 6.45) is -3.12. The molecule has 0 heterocycles. The standard InChI is InChI=1S/C8H15F3N2O2/c9-8(10,11)6-12-5-7(15)13-3-1-2-4-14/h12,14H,1-6H2,(H,13,15). The van der Waals surface area contributed by atoms with E-state index in [1.165, 1.54) is 0 Å². The zero-order valence-electron chi connectivity index (χ0n) is 8.23. The lowest BCUT2D eigenvalue weighted by atomic mass is 10.3. The lowest BCUT2D eigenvalue weighted by molar-refractivity contribution is -0.128. The third-order valence-electron chi connectivity index (χ3n) is 1.52. The van der Waals surface area contributed by atoms with Gasteiger partial charge in [0.05, 0.1) is 13.1 Å². The van der Waals surface area contributed by atoms with Crippen LogP contribution in [0, 0.1) is 0 Å². The molecule has 15 heavy (non-hydrogen) atoms. The molecule has 0 aromatic carbocycles. The highest BCUT2D eigenvalue weighted by Crippen LogP contribution is 2.11. The van der Waals surface area contributed by atoms with Crippen LogP contribution in [0.25, 0.3) is 0 Å². The Morgan fingerprint density at radius 1 is 1.27 bits per heavy atom. The van der Waals surface area contributed by atoms with Gasteiger partial charge in [0.25, 0.3) is 0 Å². The number of hydrogen-bond donors (Lipinski definition) is 3. The Labute approximate surface area is 85.8 Å². The predicted octanol–water partition coefficient (Wildman–Crippen LogP) is 0.0270. The van der Waals surface area contributed by atoms with E-state index in [0.29, 0.717) is 19.4 Å². The van der Waals surface area contributed by atoms with E-state index in [1.807, 2.05) is 5.32 Å². The number of aliphatic hydroxyl groups is 1. The average Bonchev–Trinajstić information content (AvgIpc) is 2.10. The van der Waals surface area contributed by atoms with E-state index in [0.717, 1.165) is 0 Å². The summed E-state index contributed by atoms with van der Waals surface area (Å²) in [5.41, 5.74) is 0. The Morgan fingerprint density at radius 2 is 1.93 bits per heavy atom. The van der Waals surface area contributed by atoms with E-state index in [1.54, 1.807) is 0 Å². The number of hydrogen-bond acceptors (Lipinski definition) is 3. The minimum absolute atomic E-state index is 0.0438. The van der Waals surface area contributed by atoms with Crippen LogP contribution in [0.1, 0.15) is 12.8 Å². The third-order valence-corrected chi connectivity index (χ3v) is 1.52. The van der Waals surface area contributed by atoms with Gasteiger partial charge in [0.15, 0.2) is 0 Å². The molecule has 1 amide bonds. The molecule has 0 spiro atoms. The van der Waals surface area contributed by atoms with Crippen LogP contribution in [0.3, 0.4) is 0 Å². The van der Waals surface area contributed by atoms with Crippen molar-refractivity contribution in [2.75, 3.05) is 26.2 Å². The normalized spacial score (nSPS) is 11.5. The fourth-order valence-corrected chi connectivity index (χ4v) is 0.845. The zero-order valence-corrected chi connectivity index (χ0v) is 8.23. The van der Waals surface area contributed by atoms with Crippen LogP contribution in [0.5, 0.6) is 0 Å². The van der Waals surface area contributed by atoms with E-state index in [-0.39, 0.29) is 13.2 Å². The minimum Gasteiger partial charge on any atom is -0.396 e. The van der Waals surface area contributed by atoms with Crippen molar-refractivity contribution in [2.24, 2.45) is 0 Å². The molecule has 3 N–H and O–H groups in total. The summed E-state index contributed by atoms with van der Waals surface area (Å²) in [5.74, 6) is -0.475. The van der Waals surface area contributed by atoms with Crippen LogP contribution >= 0.6 is 0 Å². The third kappa shape index (κ3) is 11.1. The molecule has 0 aliphatic carbocycles. The smallest absolute Gasteiger partial charge is 0.396 e. The van der Waals surface area contributed by atoms with Gasteiger partial charge in [0.1, 0.15) is 0 Å². The van der Waals surface area contributed by atoms with Crippen molar-refractivity contribution in [3.05, 3.63) is 0 Å². The molecular formula is C8H15F3N2O2. The van der Waals surface area contributed by atoms with E-state index >= 15 is 0 Å². The van der Waals surface area contributed by atoms with Gasteiger partial charge in [-0.25, -0.2) is 0 Å². The highest BCUT2D eigenvalue weighted by molar-refractivity contribution is 5.77. The Morgan fingerprint density at radius 3 is 2.47 bits per heavy atom. The number of amides is 1. The fourth-order valence-electron chi connectivity index (χ4n) is 0.845. The van der Waals surface area contributed by atoms with Gasteiger partial charge < -0.3 is 15.7 Å². The van der Waals surface area contributed by atoms with Crippen LogP contribution in [-0.4, -0.2) is 43.4 Å². The molecular weight excluding hydrogens is 213 g/mol. The number of carbonyl (C=O) groups excluding carboxylic acids is 1. The maximum absolute atomic E-state index is 11.6. The van der Waals surface area contributed by atoms with Crippen molar-refractivity contribution in [1.29, 1.82) is 0 Å². The second-order valence-electron chi connectivity index (χ2n) is 3.00. The predicted molar refractivity (Wildman–Crippen MR) is 48.3 cm³/mol. The Balaban J connectivity index is 3.34. The van der Waals surface area contributed by atoms with E-state index in [9.17, 15) is 18.0 Å². The molecule has 0 fully saturated rings. The minimum atomic E-state index is -4.29. The Bertz CT molecular complexity index is 185. The first-order valence-electron chi connectivity index (χ1n) is 4.61. The van der Waals surface area contributed by atoms with Crippen molar-refractivity contribution < 1.29 is 23.1 Å². The molecule has 4 nitrogen and oxygen atoms in total. The molecule has 0 aliphatic rings. The number of rotatable bonds is 7. The molecule has 0 aromatic rings. The van der Waals surface area contributed by atoms with Crippen molar-refractivity contribution in [2.45, 2.75) is 19.0 Å². The zero-order chi connectivity index (χ0) is 11.7. The second-order valence-corrected chi connectivity index (χ2v) is 3.00. The molecule has 0 bridgehead atoms. The number of carbonyl (C=O) groups is 1. The van der Waals surface area contributed by atoms with Crippen LogP contribution < -0.4 is 10.6 Å². The Hall–Kier alpha value is -0.820. The number of alkyl halides is 3. The molecule has 0 radical (unpaired) electrons. The maximum Gasteiger partial charge on any atom is 0.401 e. The summed E-state index contributed by atoms with van der Waals surface area (Å²) in [7, 11) is 0. The lowest BCUT2D eigenvalue weighted by Crippen LogP contribution is -2.38. The second kappa shape index (κ2) is 7.47. The van der Waals surface area contributed by atoms with Gasteiger partial charge in [-0.2, -0.15) is 13.2 Å². The number of nitrogens with one attached hydrogen (secondary N) is 2. The summed E-state index contributed by atoms with van der Waals surface area (Å²) in [6, 6.07) is 0. The van der Waals surface area contributed by atoms with E-state index in [2.05, 4.69) is 5.32 Å². The summed E-state index contributed by atoms with van der Waals surface area (Å²) in [6.45, 7) is -1.11. The van der Waals surface area contributed by atoms with Gasteiger partial charge in [-0.15, -0.1) is 0 Å². The summed E-state index contributed by atoms with van der Waals surface area (Å²) >= 11 is 0. The first kappa shape index (κ1) is 14.2. The first-order valence-corrected chi connectivity index (χ1v) is 4.61. The fraction of sp³-hybridized carbons (Fsp3) is 0.875. The van der Waals surface area contributed by atoms with Crippen molar-refractivity contribution in [3.63, 3.8) is 0 Å². The molecule has 0 saturated heterocycles. The van der Waals surface area contributed by atoms with Gasteiger partial charge in [-0.1, -0.05) is 0 Å². The monoisotopic (exact) mass is 228 g/mol. The molecule has 90 valence electrons. The van der Waals surface area contributed by atoms with Gasteiger partial charge >= 0.3 is 6.18 Å². The largest absolute Gasteiger partial charge is 0.401 e. The van der Waals surface area contributed by atoms with Crippen molar-refractivity contribution in [1.82, 2.24) is 10.6 Å².